The summed E-state index contributed by atoms with van der Waals surface area (Å²) in [5.74, 6) is 0.463. The second kappa shape index (κ2) is 15.1. The van der Waals surface area contributed by atoms with Crippen LogP contribution in [0.25, 0.3) is 10.9 Å². The number of nitrogens with zero attached hydrogens (tertiary/aromatic N) is 5. The lowest BCUT2D eigenvalue weighted by molar-refractivity contribution is -0.136. The number of piperazine rings is 1. The molecule has 3 amide bonds. The normalized spacial score (nSPS) is 22.8. The third kappa shape index (κ3) is 7.01. The first-order valence-electron chi connectivity index (χ1n) is 20.1. The predicted molar refractivity (Wildman–Crippen MR) is 220 cm³/mol. The SMILES string of the molecule is CNc1c[nH]c2c(N3CCC[C@@H](c4ccc(N5CCC(CN6CCN(c7ccc8c(c7)CN(C7CCC(=O)NC7=O)C8=O)CC6)CC5)cc4)C3)ccc(Cl)c12. The Labute approximate surface area is 327 Å². The minimum absolute atomic E-state index is 0.118. The van der Waals surface area contributed by atoms with Gasteiger partial charge in [-0.2, -0.15) is 0 Å². The Morgan fingerprint density at radius 3 is 2.35 bits per heavy atom. The summed E-state index contributed by atoms with van der Waals surface area (Å²) < 4.78 is 0. The zero-order valence-electron chi connectivity index (χ0n) is 31.7. The third-order valence-electron chi connectivity index (χ3n) is 12.9. The number of rotatable bonds is 8. The number of H-pyrrole nitrogens is 1. The first-order valence-corrected chi connectivity index (χ1v) is 20.5. The van der Waals surface area contributed by atoms with E-state index in [-0.39, 0.29) is 24.1 Å². The molecule has 288 valence electrons. The predicted octanol–water partition coefficient (Wildman–Crippen LogP) is 6.05. The van der Waals surface area contributed by atoms with Crippen molar-refractivity contribution in [2.75, 3.05) is 86.0 Å². The molecule has 9 rings (SSSR count). The van der Waals surface area contributed by atoms with E-state index in [0.29, 0.717) is 30.4 Å². The molecule has 0 saturated carbocycles. The minimum atomic E-state index is -0.582. The molecule has 0 bridgehead atoms. The summed E-state index contributed by atoms with van der Waals surface area (Å²) in [5.41, 5.74) is 8.91. The van der Waals surface area contributed by atoms with E-state index >= 15 is 0 Å². The molecule has 5 aliphatic heterocycles. The van der Waals surface area contributed by atoms with E-state index in [2.05, 4.69) is 71.6 Å². The molecule has 55 heavy (non-hydrogen) atoms. The Morgan fingerprint density at radius 2 is 1.58 bits per heavy atom. The van der Waals surface area contributed by atoms with Crippen molar-refractivity contribution in [3.63, 3.8) is 0 Å². The zero-order valence-corrected chi connectivity index (χ0v) is 32.4. The number of imide groups is 1. The monoisotopic (exact) mass is 762 g/mol. The van der Waals surface area contributed by atoms with Gasteiger partial charge in [0.1, 0.15) is 6.04 Å². The van der Waals surface area contributed by atoms with Crippen LogP contribution in [-0.2, 0) is 16.1 Å². The van der Waals surface area contributed by atoms with E-state index in [1.54, 1.807) is 4.90 Å². The highest BCUT2D eigenvalue weighted by molar-refractivity contribution is 6.37. The standard InChI is InChI=1S/C43H51ClN8O3/c1-45-36-24-46-41-37(11-10-35(44)40(36)41)51-16-2-3-30(26-51)29-4-6-32(7-5-29)49-17-14-28(15-18-49)25-48-19-21-50(22-20-48)33-8-9-34-31(23-33)27-52(43(34)55)38-12-13-39(53)47-42(38)54/h4-11,23-24,28,30,38,45-46H,2-3,12-22,25-27H2,1H3,(H,47,53,54)/t30-,38?/m1/s1. The van der Waals surface area contributed by atoms with Gasteiger partial charge in [0.15, 0.2) is 0 Å². The van der Waals surface area contributed by atoms with Gasteiger partial charge in [-0.1, -0.05) is 23.7 Å². The fourth-order valence-corrected chi connectivity index (χ4v) is 10.0. The van der Waals surface area contributed by atoms with Crippen molar-refractivity contribution >= 4 is 63.0 Å². The Kier molecular flexibility index (Phi) is 9.84. The number of hydrogen-bond donors (Lipinski definition) is 3. The molecule has 0 radical (unpaired) electrons. The van der Waals surface area contributed by atoms with Crippen LogP contribution in [0.1, 0.15) is 65.9 Å². The molecule has 12 heteroatoms. The number of aromatic nitrogens is 1. The van der Waals surface area contributed by atoms with Crippen molar-refractivity contribution in [1.82, 2.24) is 20.1 Å². The first kappa shape index (κ1) is 35.9. The molecule has 3 aromatic carbocycles. The van der Waals surface area contributed by atoms with Crippen LogP contribution in [0.2, 0.25) is 5.02 Å². The van der Waals surface area contributed by atoms with Crippen LogP contribution >= 0.6 is 11.6 Å². The van der Waals surface area contributed by atoms with Gasteiger partial charge in [-0.05, 0) is 91.6 Å². The molecule has 11 nitrogen and oxygen atoms in total. The smallest absolute Gasteiger partial charge is 0.255 e. The lowest BCUT2D eigenvalue weighted by atomic mass is 9.89. The van der Waals surface area contributed by atoms with Crippen molar-refractivity contribution in [3.05, 3.63) is 82.5 Å². The number of anilines is 4. The Balaban J connectivity index is 0.744. The van der Waals surface area contributed by atoms with Gasteiger partial charge in [0.25, 0.3) is 5.91 Å². The molecule has 2 atom stereocenters. The van der Waals surface area contributed by atoms with Crippen molar-refractivity contribution < 1.29 is 14.4 Å². The van der Waals surface area contributed by atoms with Gasteiger partial charge < -0.3 is 29.9 Å². The number of benzene rings is 3. The molecule has 4 fully saturated rings. The molecule has 5 aliphatic rings. The van der Waals surface area contributed by atoms with Crippen LogP contribution in [0.5, 0.6) is 0 Å². The minimum Gasteiger partial charge on any atom is -0.386 e. The van der Waals surface area contributed by atoms with Crippen LogP contribution < -0.4 is 25.3 Å². The van der Waals surface area contributed by atoms with Crippen LogP contribution in [0.3, 0.4) is 0 Å². The van der Waals surface area contributed by atoms with Crippen LogP contribution in [0.15, 0.2) is 60.8 Å². The van der Waals surface area contributed by atoms with Gasteiger partial charge in [-0.15, -0.1) is 0 Å². The Morgan fingerprint density at radius 1 is 0.818 bits per heavy atom. The summed E-state index contributed by atoms with van der Waals surface area (Å²) in [7, 11) is 1.94. The number of amides is 3. The van der Waals surface area contributed by atoms with Gasteiger partial charge in [0.2, 0.25) is 11.8 Å². The summed E-state index contributed by atoms with van der Waals surface area (Å²) in [6, 6.07) is 19.1. The largest absolute Gasteiger partial charge is 0.386 e. The molecule has 4 saturated heterocycles. The Bertz CT molecular complexity index is 2090. The number of nitrogens with one attached hydrogen (secondary N) is 3. The molecule has 0 spiro atoms. The number of carbonyl (C=O) groups excluding carboxylic acids is 3. The van der Waals surface area contributed by atoms with E-state index in [1.807, 2.05) is 31.4 Å². The summed E-state index contributed by atoms with van der Waals surface area (Å²) in [6.45, 7) is 9.80. The number of hydrogen-bond acceptors (Lipinski definition) is 8. The number of fused-ring (bicyclic) bond motifs is 2. The maximum absolute atomic E-state index is 13.1. The molecule has 4 aromatic rings. The Hall–Kier alpha value is -4.74. The lowest BCUT2D eigenvalue weighted by Crippen LogP contribution is -2.52. The second-order valence-corrected chi connectivity index (χ2v) is 16.5. The summed E-state index contributed by atoms with van der Waals surface area (Å²) in [5, 5.41) is 7.49. The number of carbonyl (C=O) groups is 3. The van der Waals surface area contributed by atoms with E-state index in [1.165, 1.54) is 42.6 Å². The summed E-state index contributed by atoms with van der Waals surface area (Å²) in [4.78, 5) is 52.5. The zero-order chi connectivity index (χ0) is 37.6. The van der Waals surface area contributed by atoms with Gasteiger partial charge in [-0.3, -0.25) is 24.6 Å². The fraction of sp³-hybridized carbons (Fsp3) is 0.465. The fourth-order valence-electron chi connectivity index (χ4n) is 9.76. The topological polar surface area (TPSA) is 107 Å². The van der Waals surface area contributed by atoms with Crippen molar-refractivity contribution in [2.24, 2.45) is 5.92 Å². The van der Waals surface area contributed by atoms with Crippen LogP contribution in [0.4, 0.5) is 22.7 Å². The van der Waals surface area contributed by atoms with Gasteiger partial charge in [0, 0.05) is 113 Å². The molecule has 0 aliphatic carbocycles. The second-order valence-electron chi connectivity index (χ2n) is 16.1. The highest BCUT2D eigenvalue weighted by atomic mass is 35.5. The highest BCUT2D eigenvalue weighted by Gasteiger charge is 2.39. The maximum atomic E-state index is 13.1. The van der Waals surface area contributed by atoms with Gasteiger partial charge in [-0.25, -0.2) is 0 Å². The summed E-state index contributed by atoms with van der Waals surface area (Å²) >= 11 is 6.61. The third-order valence-corrected chi connectivity index (χ3v) is 13.2. The number of aromatic amines is 1. The quantitative estimate of drug-likeness (QED) is 0.187. The molecular formula is C43H51ClN8O3. The van der Waals surface area contributed by atoms with E-state index in [4.69, 9.17) is 11.6 Å². The highest BCUT2D eigenvalue weighted by Crippen LogP contribution is 2.39. The maximum Gasteiger partial charge on any atom is 0.255 e. The molecule has 6 heterocycles. The molecule has 1 aromatic heterocycles. The first-order chi connectivity index (χ1) is 26.8. The van der Waals surface area contributed by atoms with Crippen molar-refractivity contribution in [3.8, 4) is 0 Å². The van der Waals surface area contributed by atoms with Crippen molar-refractivity contribution in [2.45, 2.75) is 57.0 Å². The molecule has 1 unspecified atom stereocenters. The van der Waals surface area contributed by atoms with Crippen LogP contribution in [-0.4, -0.2) is 104 Å². The average molecular weight is 763 g/mol. The van der Waals surface area contributed by atoms with Gasteiger partial charge >= 0.3 is 0 Å². The molecule has 3 N–H and O–H groups in total. The van der Waals surface area contributed by atoms with E-state index in [0.717, 1.165) is 91.8 Å². The van der Waals surface area contributed by atoms with Crippen molar-refractivity contribution in [1.29, 1.82) is 0 Å². The van der Waals surface area contributed by atoms with Crippen LogP contribution in [0, 0.1) is 5.92 Å². The average Bonchev–Trinajstić information content (AvgIpc) is 3.80. The number of halogens is 1. The molecular weight excluding hydrogens is 712 g/mol. The van der Waals surface area contributed by atoms with E-state index < -0.39 is 6.04 Å². The summed E-state index contributed by atoms with van der Waals surface area (Å²) in [6.07, 6.45) is 7.46. The van der Waals surface area contributed by atoms with E-state index in [9.17, 15) is 14.4 Å². The number of piperidine rings is 3. The van der Waals surface area contributed by atoms with Gasteiger partial charge in [0.05, 0.1) is 21.9 Å². The lowest BCUT2D eigenvalue weighted by Gasteiger charge is -2.40.